The van der Waals surface area contributed by atoms with Crippen molar-refractivity contribution < 1.29 is 8.42 Å². The van der Waals surface area contributed by atoms with Crippen molar-refractivity contribution in [3.8, 4) is 0 Å². The maximum atomic E-state index is 12.3. The third-order valence-corrected chi connectivity index (χ3v) is 4.52. The van der Waals surface area contributed by atoms with Crippen molar-refractivity contribution in [1.29, 1.82) is 0 Å². The topological polar surface area (TPSA) is 85.1 Å². The molecule has 0 fully saturated rings. The van der Waals surface area contributed by atoms with Gasteiger partial charge in [-0.2, -0.15) is 0 Å². The Morgan fingerprint density at radius 2 is 1.95 bits per heavy atom. The Morgan fingerprint density at radius 1 is 1.25 bits per heavy atom. The lowest BCUT2D eigenvalue weighted by Crippen LogP contribution is -2.27. The zero-order valence-corrected chi connectivity index (χ0v) is 12.0. The van der Waals surface area contributed by atoms with E-state index in [0.717, 1.165) is 11.1 Å². The number of benzene rings is 1. The fourth-order valence-electron chi connectivity index (χ4n) is 1.86. The molecule has 1 heterocycles. The van der Waals surface area contributed by atoms with Crippen LogP contribution in [-0.4, -0.2) is 13.4 Å². The first kappa shape index (κ1) is 14.6. The number of aromatic nitrogens is 1. The van der Waals surface area contributed by atoms with Gasteiger partial charge in [0.1, 0.15) is 0 Å². The van der Waals surface area contributed by atoms with Crippen LogP contribution in [0.1, 0.15) is 24.1 Å². The van der Waals surface area contributed by atoms with Gasteiger partial charge in [-0.3, -0.25) is 4.98 Å². The average Bonchev–Trinajstić information content (AvgIpc) is 2.48. The molecule has 1 aromatic carbocycles. The number of hydrogen-bond donors (Lipinski definition) is 2. The first-order valence-corrected chi connectivity index (χ1v) is 7.72. The number of nitrogens with two attached hydrogens (primary N) is 1. The maximum absolute atomic E-state index is 12.3. The molecule has 20 heavy (non-hydrogen) atoms. The molecule has 3 N–H and O–H groups in total. The van der Waals surface area contributed by atoms with E-state index in [2.05, 4.69) is 9.71 Å². The molecule has 0 amide bonds. The summed E-state index contributed by atoms with van der Waals surface area (Å²) in [6, 6.07) is 9.86. The van der Waals surface area contributed by atoms with Crippen molar-refractivity contribution in [3.63, 3.8) is 0 Å². The van der Waals surface area contributed by atoms with Crippen LogP contribution in [0.3, 0.4) is 0 Å². The van der Waals surface area contributed by atoms with E-state index in [1.165, 1.54) is 0 Å². The quantitative estimate of drug-likeness (QED) is 0.876. The number of pyridine rings is 1. The molecule has 0 aliphatic rings. The minimum atomic E-state index is -3.57. The Bertz CT molecular complexity index is 672. The molecule has 0 saturated heterocycles. The molecule has 5 nitrogen and oxygen atoms in total. The minimum absolute atomic E-state index is 0.223. The fourth-order valence-corrected chi connectivity index (χ4v) is 3.16. The third kappa shape index (κ3) is 3.41. The summed E-state index contributed by atoms with van der Waals surface area (Å²) in [7, 11) is -3.57. The highest BCUT2D eigenvalue weighted by Crippen LogP contribution is 2.17. The SMILES string of the molecule is CC(NS(=O)(=O)c1cccc(CN)c1)c1ccncc1. The Morgan fingerprint density at radius 3 is 2.60 bits per heavy atom. The van der Waals surface area contributed by atoms with Gasteiger partial charge in [0.15, 0.2) is 0 Å². The Hall–Kier alpha value is -1.76. The van der Waals surface area contributed by atoms with E-state index < -0.39 is 10.0 Å². The van der Waals surface area contributed by atoms with Gasteiger partial charge in [0.25, 0.3) is 0 Å². The molecule has 0 aliphatic heterocycles. The standard InChI is InChI=1S/C14H17N3O2S/c1-11(13-5-7-16-8-6-13)17-20(18,19)14-4-2-3-12(9-14)10-15/h2-9,11,17H,10,15H2,1H3. The van der Waals surface area contributed by atoms with Crippen molar-refractivity contribution in [2.24, 2.45) is 5.73 Å². The van der Waals surface area contributed by atoms with Crippen LogP contribution >= 0.6 is 0 Å². The van der Waals surface area contributed by atoms with Gasteiger partial charge in [-0.25, -0.2) is 13.1 Å². The molecule has 6 heteroatoms. The largest absolute Gasteiger partial charge is 0.326 e. The maximum Gasteiger partial charge on any atom is 0.241 e. The normalized spacial score (nSPS) is 13.1. The van der Waals surface area contributed by atoms with Gasteiger partial charge in [-0.1, -0.05) is 12.1 Å². The van der Waals surface area contributed by atoms with Gasteiger partial charge >= 0.3 is 0 Å². The molecule has 2 aromatic rings. The van der Waals surface area contributed by atoms with E-state index in [1.807, 2.05) is 0 Å². The van der Waals surface area contributed by atoms with Crippen molar-refractivity contribution in [2.75, 3.05) is 0 Å². The molecule has 0 radical (unpaired) electrons. The number of rotatable bonds is 5. The summed E-state index contributed by atoms with van der Waals surface area (Å²) in [6.07, 6.45) is 3.27. The van der Waals surface area contributed by atoms with Crippen LogP contribution in [0.2, 0.25) is 0 Å². The first-order chi connectivity index (χ1) is 9.53. The summed E-state index contributed by atoms with van der Waals surface area (Å²) in [4.78, 5) is 4.14. The average molecular weight is 291 g/mol. The van der Waals surface area contributed by atoms with Gasteiger partial charge in [-0.15, -0.1) is 0 Å². The van der Waals surface area contributed by atoms with Crippen molar-refractivity contribution in [3.05, 3.63) is 59.9 Å². The monoisotopic (exact) mass is 291 g/mol. The zero-order chi connectivity index (χ0) is 14.6. The predicted octanol–water partition coefficient (Wildman–Crippen LogP) is 1.58. The van der Waals surface area contributed by atoms with E-state index in [4.69, 9.17) is 5.73 Å². The van der Waals surface area contributed by atoms with Gasteiger partial charge in [-0.05, 0) is 42.3 Å². The molecule has 106 valence electrons. The van der Waals surface area contributed by atoms with Crippen LogP contribution in [0.5, 0.6) is 0 Å². The van der Waals surface area contributed by atoms with Gasteiger partial charge in [0, 0.05) is 25.0 Å². The second-order valence-electron chi connectivity index (χ2n) is 4.48. The van der Waals surface area contributed by atoms with Crippen LogP contribution in [0, 0.1) is 0 Å². The summed E-state index contributed by atoms with van der Waals surface area (Å²) in [5, 5.41) is 0. The Labute approximate surface area is 118 Å². The Kier molecular flexibility index (Phi) is 4.49. The molecular formula is C14H17N3O2S. The van der Waals surface area contributed by atoms with E-state index in [-0.39, 0.29) is 10.9 Å². The molecule has 2 rings (SSSR count). The van der Waals surface area contributed by atoms with E-state index >= 15 is 0 Å². The second-order valence-corrected chi connectivity index (χ2v) is 6.19. The minimum Gasteiger partial charge on any atom is -0.326 e. The van der Waals surface area contributed by atoms with Crippen LogP contribution < -0.4 is 10.5 Å². The molecule has 1 atom stereocenters. The predicted molar refractivity (Wildman–Crippen MR) is 77.3 cm³/mol. The number of hydrogen-bond acceptors (Lipinski definition) is 4. The lowest BCUT2D eigenvalue weighted by molar-refractivity contribution is 0.566. The molecule has 0 aliphatic carbocycles. The molecule has 1 unspecified atom stereocenters. The molecule has 0 spiro atoms. The highest BCUT2D eigenvalue weighted by Gasteiger charge is 2.18. The lowest BCUT2D eigenvalue weighted by atomic mass is 10.1. The number of nitrogens with one attached hydrogen (secondary N) is 1. The van der Waals surface area contributed by atoms with Crippen LogP contribution in [0.4, 0.5) is 0 Å². The highest BCUT2D eigenvalue weighted by molar-refractivity contribution is 7.89. The van der Waals surface area contributed by atoms with E-state index in [9.17, 15) is 8.42 Å². The van der Waals surface area contributed by atoms with Crippen LogP contribution in [-0.2, 0) is 16.6 Å². The molecular weight excluding hydrogens is 274 g/mol. The second kappa shape index (κ2) is 6.13. The van der Waals surface area contributed by atoms with Gasteiger partial charge < -0.3 is 5.73 Å². The fraction of sp³-hybridized carbons (Fsp3) is 0.214. The van der Waals surface area contributed by atoms with Crippen molar-refractivity contribution in [2.45, 2.75) is 24.4 Å². The third-order valence-electron chi connectivity index (χ3n) is 2.98. The molecule has 0 saturated carbocycles. The zero-order valence-electron chi connectivity index (χ0n) is 11.2. The number of sulfonamides is 1. The smallest absolute Gasteiger partial charge is 0.241 e. The first-order valence-electron chi connectivity index (χ1n) is 6.24. The molecule has 1 aromatic heterocycles. The van der Waals surface area contributed by atoms with E-state index in [1.54, 1.807) is 55.7 Å². The summed E-state index contributed by atoms with van der Waals surface area (Å²) in [6.45, 7) is 2.10. The van der Waals surface area contributed by atoms with E-state index in [0.29, 0.717) is 6.54 Å². The molecule has 0 bridgehead atoms. The Balaban J connectivity index is 2.23. The number of nitrogens with zero attached hydrogens (tertiary/aromatic N) is 1. The summed E-state index contributed by atoms with van der Waals surface area (Å²) in [5.41, 5.74) is 7.17. The summed E-state index contributed by atoms with van der Waals surface area (Å²) in [5.74, 6) is 0. The van der Waals surface area contributed by atoms with Gasteiger partial charge in [0.2, 0.25) is 10.0 Å². The van der Waals surface area contributed by atoms with Gasteiger partial charge in [0.05, 0.1) is 4.90 Å². The van der Waals surface area contributed by atoms with Crippen LogP contribution in [0.15, 0.2) is 53.7 Å². The highest BCUT2D eigenvalue weighted by atomic mass is 32.2. The van der Waals surface area contributed by atoms with Crippen molar-refractivity contribution in [1.82, 2.24) is 9.71 Å². The summed E-state index contributed by atoms with van der Waals surface area (Å²) < 4.78 is 27.3. The van der Waals surface area contributed by atoms with Crippen molar-refractivity contribution >= 4 is 10.0 Å². The summed E-state index contributed by atoms with van der Waals surface area (Å²) >= 11 is 0. The lowest BCUT2D eigenvalue weighted by Gasteiger charge is -2.14. The van der Waals surface area contributed by atoms with Crippen LogP contribution in [0.25, 0.3) is 0 Å².